The molecule has 122 valence electrons. The summed E-state index contributed by atoms with van der Waals surface area (Å²) in [5.74, 6) is 0. The fourth-order valence-corrected chi connectivity index (χ4v) is 4.66. The van der Waals surface area contributed by atoms with E-state index in [-0.39, 0.29) is 5.56 Å². The molecule has 0 spiro atoms. The standard InChI is InChI=1S/C16H19N3O3S/c1-11-9-13(14-5-6-16(20)18-17-14)10-15(12(11)2)23(21,22)19-7-3-4-8-19/h5-6,9-10H,3-4,7-8H2,1-2H3,(H,18,20). The number of aromatic amines is 1. The molecule has 1 aromatic carbocycles. The molecule has 6 nitrogen and oxygen atoms in total. The molecular weight excluding hydrogens is 314 g/mol. The van der Waals surface area contributed by atoms with Crippen LogP contribution in [0.1, 0.15) is 24.0 Å². The zero-order valence-electron chi connectivity index (χ0n) is 13.2. The van der Waals surface area contributed by atoms with Gasteiger partial charge in [0.2, 0.25) is 10.0 Å². The first kappa shape index (κ1) is 15.9. The van der Waals surface area contributed by atoms with E-state index in [1.54, 1.807) is 16.4 Å². The predicted molar refractivity (Wildman–Crippen MR) is 87.8 cm³/mol. The van der Waals surface area contributed by atoms with E-state index in [0.29, 0.717) is 29.2 Å². The molecule has 0 radical (unpaired) electrons. The van der Waals surface area contributed by atoms with E-state index >= 15 is 0 Å². The van der Waals surface area contributed by atoms with Crippen molar-refractivity contribution in [3.05, 3.63) is 45.7 Å². The maximum Gasteiger partial charge on any atom is 0.264 e. The smallest absolute Gasteiger partial charge is 0.264 e. The lowest BCUT2D eigenvalue weighted by Crippen LogP contribution is -2.28. The Labute approximate surface area is 135 Å². The molecule has 7 heteroatoms. The monoisotopic (exact) mass is 333 g/mol. The Morgan fingerprint density at radius 3 is 2.43 bits per heavy atom. The topological polar surface area (TPSA) is 83.1 Å². The Bertz CT molecular complexity index is 877. The van der Waals surface area contributed by atoms with Gasteiger partial charge < -0.3 is 0 Å². The van der Waals surface area contributed by atoms with Crippen molar-refractivity contribution >= 4 is 10.0 Å². The summed E-state index contributed by atoms with van der Waals surface area (Å²) in [6, 6.07) is 6.51. The normalized spacial score (nSPS) is 15.9. The van der Waals surface area contributed by atoms with Gasteiger partial charge in [0.15, 0.2) is 0 Å². The van der Waals surface area contributed by atoms with Crippen molar-refractivity contribution in [3.8, 4) is 11.3 Å². The van der Waals surface area contributed by atoms with E-state index in [2.05, 4.69) is 10.2 Å². The van der Waals surface area contributed by atoms with Gasteiger partial charge in [0.25, 0.3) is 5.56 Å². The van der Waals surface area contributed by atoms with Crippen molar-refractivity contribution in [2.24, 2.45) is 0 Å². The number of sulfonamides is 1. The van der Waals surface area contributed by atoms with E-state index in [9.17, 15) is 13.2 Å². The van der Waals surface area contributed by atoms with Crippen LogP contribution < -0.4 is 5.56 Å². The Kier molecular flexibility index (Phi) is 4.08. The first-order chi connectivity index (χ1) is 10.9. The van der Waals surface area contributed by atoms with Crippen LogP contribution >= 0.6 is 0 Å². The molecule has 1 fully saturated rings. The van der Waals surface area contributed by atoms with Gasteiger partial charge in [0, 0.05) is 24.7 Å². The van der Waals surface area contributed by atoms with Crippen LogP contribution in [-0.4, -0.2) is 36.0 Å². The summed E-state index contributed by atoms with van der Waals surface area (Å²) in [7, 11) is -3.50. The fourth-order valence-electron chi connectivity index (χ4n) is 2.82. The minimum absolute atomic E-state index is 0.289. The van der Waals surface area contributed by atoms with Crippen LogP contribution in [0.2, 0.25) is 0 Å². The zero-order valence-corrected chi connectivity index (χ0v) is 14.0. The molecule has 0 aliphatic carbocycles. The molecule has 0 unspecified atom stereocenters. The van der Waals surface area contributed by atoms with Crippen LogP contribution in [0.25, 0.3) is 11.3 Å². The van der Waals surface area contributed by atoms with Gasteiger partial charge >= 0.3 is 0 Å². The van der Waals surface area contributed by atoms with Crippen molar-refractivity contribution in [3.63, 3.8) is 0 Å². The van der Waals surface area contributed by atoms with E-state index in [4.69, 9.17) is 0 Å². The maximum absolute atomic E-state index is 12.9. The second-order valence-corrected chi connectivity index (χ2v) is 7.74. The van der Waals surface area contributed by atoms with Crippen LogP contribution in [-0.2, 0) is 10.0 Å². The van der Waals surface area contributed by atoms with Crippen LogP contribution in [0, 0.1) is 13.8 Å². The summed E-state index contributed by atoms with van der Waals surface area (Å²) >= 11 is 0. The van der Waals surface area contributed by atoms with Crippen molar-refractivity contribution in [2.45, 2.75) is 31.6 Å². The molecule has 1 aliphatic heterocycles. The lowest BCUT2D eigenvalue weighted by atomic mass is 10.0. The van der Waals surface area contributed by atoms with Gasteiger partial charge in [-0.1, -0.05) is 0 Å². The van der Waals surface area contributed by atoms with E-state index < -0.39 is 10.0 Å². The van der Waals surface area contributed by atoms with Crippen LogP contribution in [0.15, 0.2) is 34.0 Å². The van der Waals surface area contributed by atoms with Gasteiger partial charge in [-0.15, -0.1) is 0 Å². The minimum Gasteiger partial charge on any atom is -0.268 e. The van der Waals surface area contributed by atoms with Gasteiger partial charge in [-0.25, -0.2) is 13.5 Å². The highest BCUT2D eigenvalue weighted by atomic mass is 32.2. The van der Waals surface area contributed by atoms with Crippen molar-refractivity contribution < 1.29 is 8.42 Å². The first-order valence-electron chi connectivity index (χ1n) is 7.57. The number of hydrogen-bond donors (Lipinski definition) is 1. The van der Waals surface area contributed by atoms with Crippen molar-refractivity contribution in [1.82, 2.24) is 14.5 Å². The molecular formula is C16H19N3O3S. The number of nitrogens with one attached hydrogen (secondary N) is 1. The number of H-pyrrole nitrogens is 1. The molecule has 2 heterocycles. The summed E-state index contributed by atoms with van der Waals surface area (Å²) in [5, 5.41) is 6.37. The minimum atomic E-state index is -3.50. The fraction of sp³-hybridized carbons (Fsp3) is 0.375. The lowest BCUT2D eigenvalue weighted by Gasteiger charge is -2.19. The van der Waals surface area contributed by atoms with E-state index in [1.807, 2.05) is 19.9 Å². The third-order valence-electron chi connectivity index (χ3n) is 4.28. The molecule has 2 aromatic rings. The summed E-state index contributed by atoms with van der Waals surface area (Å²) < 4.78 is 27.3. The number of hydrogen-bond acceptors (Lipinski definition) is 4. The summed E-state index contributed by atoms with van der Waals surface area (Å²) in [5.41, 5.74) is 2.58. The third-order valence-corrected chi connectivity index (χ3v) is 6.30. The number of rotatable bonds is 3. The molecule has 0 saturated carbocycles. The molecule has 1 N–H and O–H groups in total. The Hall–Kier alpha value is -1.99. The molecule has 1 saturated heterocycles. The summed E-state index contributed by atoms with van der Waals surface area (Å²) in [4.78, 5) is 11.5. The predicted octanol–water partition coefficient (Wildman–Crippen LogP) is 1.84. The molecule has 1 aromatic heterocycles. The van der Waals surface area contributed by atoms with Crippen molar-refractivity contribution in [1.29, 1.82) is 0 Å². The van der Waals surface area contributed by atoms with Crippen LogP contribution in [0.3, 0.4) is 0 Å². The molecule has 0 bridgehead atoms. The Morgan fingerprint density at radius 1 is 1.13 bits per heavy atom. The third kappa shape index (κ3) is 2.94. The van der Waals surface area contributed by atoms with Crippen LogP contribution in [0.5, 0.6) is 0 Å². The molecule has 1 aliphatic rings. The first-order valence-corrected chi connectivity index (χ1v) is 9.01. The zero-order chi connectivity index (χ0) is 16.6. The quantitative estimate of drug-likeness (QED) is 0.929. The van der Waals surface area contributed by atoms with Gasteiger partial charge in [0.05, 0.1) is 10.6 Å². The SMILES string of the molecule is Cc1cc(-c2ccc(=O)[nH]n2)cc(S(=O)(=O)N2CCCC2)c1C. The maximum atomic E-state index is 12.9. The highest BCUT2D eigenvalue weighted by molar-refractivity contribution is 7.89. The average Bonchev–Trinajstić information content (AvgIpc) is 3.05. The second kappa shape index (κ2) is 5.90. The number of benzene rings is 1. The largest absolute Gasteiger partial charge is 0.268 e. The summed E-state index contributed by atoms with van der Waals surface area (Å²) in [6.45, 7) is 4.85. The second-order valence-electron chi connectivity index (χ2n) is 5.83. The molecule has 0 atom stereocenters. The number of nitrogens with zero attached hydrogens (tertiary/aromatic N) is 2. The average molecular weight is 333 g/mol. The van der Waals surface area contributed by atoms with Gasteiger partial charge in [0.1, 0.15) is 0 Å². The molecule has 23 heavy (non-hydrogen) atoms. The highest BCUT2D eigenvalue weighted by Crippen LogP contribution is 2.29. The number of aromatic nitrogens is 2. The van der Waals surface area contributed by atoms with Gasteiger partial charge in [-0.3, -0.25) is 4.79 Å². The van der Waals surface area contributed by atoms with Crippen LogP contribution in [0.4, 0.5) is 0 Å². The summed E-state index contributed by atoms with van der Waals surface area (Å²) in [6.07, 6.45) is 1.80. The van der Waals surface area contributed by atoms with Gasteiger partial charge in [-0.2, -0.15) is 9.40 Å². The lowest BCUT2D eigenvalue weighted by molar-refractivity contribution is 0.477. The van der Waals surface area contributed by atoms with Crippen molar-refractivity contribution in [2.75, 3.05) is 13.1 Å². The molecule has 3 rings (SSSR count). The Balaban J connectivity index is 2.14. The van der Waals surface area contributed by atoms with E-state index in [1.165, 1.54) is 6.07 Å². The van der Waals surface area contributed by atoms with Gasteiger partial charge in [-0.05, 0) is 56.0 Å². The molecule has 0 amide bonds. The van der Waals surface area contributed by atoms with E-state index in [0.717, 1.165) is 24.0 Å². The Morgan fingerprint density at radius 2 is 1.83 bits per heavy atom. The highest BCUT2D eigenvalue weighted by Gasteiger charge is 2.29. The number of aryl methyl sites for hydroxylation is 1.